The number of esters is 1. The molecule has 1 aliphatic carbocycles. The highest BCUT2D eigenvalue weighted by molar-refractivity contribution is 7.11. The van der Waals surface area contributed by atoms with E-state index in [0.29, 0.717) is 11.4 Å². The average molecular weight is 479 g/mol. The maximum atomic E-state index is 13.8. The Hall–Kier alpha value is -2.21. The Balaban J connectivity index is 1.70. The molecule has 33 heavy (non-hydrogen) atoms. The molecule has 1 amide bonds. The number of carbonyl (C=O) groups is 4. The Bertz CT molecular complexity index is 995. The summed E-state index contributed by atoms with van der Waals surface area (Å²) in [5.74, 6) is -3.12. The molecule has 2 aliphatic heterocycles. The third-order valence-corrected chi connectivity index (χ3v) is 8.53. The molecule has 180 valence electrons. The summed E-state index contributed by atoms with van der Waals surface area (Å²) in [7, 11) is 1.09. The van der Waals surface area contributed by atoms with E-state index in [1.165, 1.54) is 29.4 Å². The first kappa shape index (κ1) is 23.9. The number of rotatable bonds is 7. The Morgan fingerprint density at radius 2 is 2.03 bits per heavy atom. The van der Waals surface area contributed by atoms with E-state index >= 15 is 0 Å². The Morgan fingerprint density at radius 3 is 2.48 bits per heavy atom. The van der Waals surface area contributed by atoms with Crippen molar-refractivity contribution in [1.29, 1.82) is 0 Å². The van der Waals surface area contributed by atoms with Crippen molar-refractivity contribution in [3.05, 3.63) is 16.6 Å². The molecule has 3 heterocycles. The Kier molecular flexibility index (Phi) is 5.75. The van der Waals surface area contributed by atoms with Crippen LogP contribution in [0.15, 0.2) is 11.7 Å². The number of nitrogens with zero attached hydrogens (tertiary/aromatic N) is 2. The lowest BCUT2D eigenvalue weighted by molar-refractivity contribution is -0.159. The SMILES string of the molecule is COC(=O)[C@@](N)(C(=O)C1CN(C(=O)c2cncs2)CC12CNC2C(=O)[C@H]1CC1(C)C)[C@@H](C)O. The minimum atomic E-state index is -2.31. The van der Waals surface area contributed by atoms with Gasteiger partial charge in [-0.2, -0.15) is 0 Å². The zero-order chi connectivity index (χ0) is 24.3. The van der Waals surface area contributed by atoms with Gasteiger partial charge in [0, 0.05) is 36.9 Å². The summed E-state index contributed by atoms with van der Waals surface area (Å²) in [5, 5.41) is 13.5. The maximum Gasteiger partial charge on any atom is 0.336 e. The van der Waals surface area contributed by atoms with Gasteiger partial charge in [-0.3, -0.25) is 19.4 Å². The predicted molar refractivity (Wildman–Crippen MR) is 118 cm³/mol. The molecule has 3 fully saturated rings. The van der Waals surface area contributed by atoms with Gasteiger partial charge in [0.2, 0.25) is 0 Å². The largest absolute Gasteiger partial charge is 0.467 e. The van der Waals surface area contributed by atoms with Crippen LogP contribution in [0.3, 0.4) is 0 Å². The summed E-state index contributed by atoms with van der Waals surface area (Å²) in [5.41, 5.74) is 4.40. The molecule has 4 rings (SSSR count). The number of aromatic nitrogens is 1. The first-order valence-corrected chi connectivity index (χ1v) is 11.8. The normalized spacial score (nSPS) is 32.5. The molecule has 0 aromatic carbocycles. The third-order valence-electron chi connectivity index (χ3n) is 7.77. The summed E-state index contributed by atoms with van der Waals surface area (Å²) in [6.45, 7) is 5.76. The van der Waals surface area contributed by atoms with Crippen LogP contribution in [0.25, 0.3) is 0 Å². The standard InChI is InChI=1S/C22H30N4O6S/c1-11(27)22(23,19(31)32-4)17(29)13-7-26(18(30)14-6-24-10-33-14)9-21(13)8-25-16(21)15(28)12-5-20(12,2)3/h6,10-13,16,25,27H,5,7-9,23H2,1-4H3/t11-,12-,13?,16?,21?,22+/m1/s1. The van der Waals surface area contributed by atoms with Gasteiger partial charge < -0.3 is 25.8 Å². The minimum Gasteiger partial charge on any atom is -0.467 e. The quantitative estimate of drug-likeness (QED) is 0.351. The predicted octanol–water partition coefficient (Wildman–Crippen LogP) is -0.391. The number of nitrogens with one attached hydrogen (secondary N) is 1. The summed E-state index contributed by atoms with van der Waals surface area (Å²) < 4.78 is 4.75. The molecule has 1 aromatic heterocycles. The molecule has 4 N–H and O–H groups in total. The molecule has 0 radical (unpaired) electrons. The van der Waals surface area contributed by atoms with Crippen molar-refractivity contribution in [1.82, 2.24) is 15.2 Å². The van der Waals surface area contributed by atoms with Crippen LogP contribution in [-0.4, -0.2) is 82.9 Å². The number of likely N-dealkylation sites (tertiary alicyclic amines) is 1. The van der Waals surface area contributed by atoms with E-state index in [2.05, 4.69) is 10.3 Å². The smallest absolute Gasteiger partial charge is 0.336 e. The number of thiazole rings is 1. The fourth-order valence-corrected chi connectivity index (χ4v) is 5.91. The number of aliphatic hydroxyl groups is 1. The molecule has 2 saturated heterocycles. The minimum absolute atomic E-state index is 0.00822. The van der Waals surface area contributed by atoms with E-state index in [9.17, 15) is 24.3 Å². The Morgan fingerprint density at radius 1 is 1.36 bits per heavy atom. The van der Waals surface area contributed by atoms with Crippen LogP contribution >= 0.6 is 11.3 Å². The fraction of sp³-hybridized carbons (Fsp3) is 0.682. The monoisotopic (exact) mass is 478 g/mol. The lowest BCUT2D eigenvalue weighted by atomic mass is 9.60. The highest BCUT2D eigenvalue weighted by Crippen LogP contribution is 2.56. The number of aliphatic hydroxyl groups excluding tert-OH is 1. The fourth-order valence-electron chi connectivity index (χ4n) is 5.32. The average Bonchev–Trinajstić information content (AvgIpc) is 3.16. The third kappa shape index (κ3) is 3.52. The van der Waals surface area contributed by atoms with Gasteiger partial charge in [-0.1, -0.05) is 13.8 Å². The molecule has 3 unspecified atom stereocenters. The maximum absolute atomic E-state index is 13.8. The molecular weight excluding hydrogens is 448 g/mol. The topological polar surface area (TPSA) is 152 Å². The van der Waals surface area contributed by atoms with E-state index < -0.39 is 40.8 Å². The highest BCUT2D eigenvalue weighted by atomic mass is 32.1. The van der Waals surface area contributed by atoms with Gasteiger partial charge in [0.15, 0.2) is 17.1 Å². The second kappa shape index (κ2) is 7.93. The number of ether oxygens (including phenoxy) is 1. The lowest BCUT2D eigenvalue weighted by Crippen LogP contribution is -2.74. The van der Waals surface area contributed by atoms with Gasteiger partial charge in [-0.25, -0.2) is 4.79 Å². The van der Waals surface area contributed by atoms with Crippen LogP contribution in [-0.2, 0) is 19.1 Å². The van der Waals surface area contributed by atoms with Crippen LogP contribution in [0.1, 0.15) is 36.9 Å². The first-order chi connectivity index (χ1) is 15.4. The van der Waals surface area contributed by atoms with Gasteiger partial charge in [0.05, 0.1) is 31.0 Å². The van der Waals surface area contributed by atoms with E-state index in [0.717, 1.165) is 13.5 Å². The zero-order valence-electron chi connectivity index (χ0n) is 19.2. The van der Waals surface area contributed by atoms with Gasteiger partial charge in [-0.05, 0) is 18.8 Å². The molecule has 10 nitrogen and oxygen atoms in total. The van der Waals surface area contributed by atoms with Gasteiger partial charge >= 0.3 is 5.97 Å². The summed E-state index contributed by atoms with van der Waals surface area (Å²) in [4.78, 5) is 58.6. The number of hydrogen-bond donors (Lipinski definition) is 3. The van der Waals surface area contributed by atoms with Crippen molar-refractivity contribution < 1.29 is 29.0 Å². The van der Waals surface area contributed by atoms with E-state index in [-0.39, 0.29) is 36.1 Å². The van der Waals surface area contributed by atoms with Crippen molar-refractivity contribution in [3.8, 4) is 0 Å². The van der Waals surface area contributed by atoms with Crippen LogP contribution in [0.2, 0.25) is 0 Å². The highest BCUT2D eigenvalue weighted by Gasteiger charge is 2.68. The summed E-state index contributed by atoms with van der Waals surface area (Å²) >= 11 is 1.19. The number of amides is 1. The van der Waals surface area contributed by atoms with E-state index in [1.54, 1.807) is 5.51 Å². The first-order valence-electron chi connectivity index (χ1n) is 10.9. The van der Waals surface area contributed by atoms with Crippen LogP contribution in [0.4, 0.5) is 0 Å². The van der Waals surface area contributed by atoms with Gasteiger partial charge in [0.1, 0.15) is 4.88 Å². The number of ketones is 2. The molecular formula is C22H30N4O6S. The molecule has 3 aliphatic rings. The van der Waals surface area contributed by atoms with Crippen molar-refractivity contribution in [2.45, 2.75) is 44.9 Å². The number of methoxy groups -OCH3 is 1. The van der Waals surface area contributed by atoms with Crippen molar-refractivity contribution in [3.63, 3.8) is 0 Å². The van der Waals surface area contributed by atoms with Crippen LogP contribution in [0.5, 0.6) is 0 Å². The molecule has 6 atom stereocenters. The van der Waals surface area contributed by atoms with E-state index in [4.69, 9.17) is 10.5 Å². The Labute approximate surface area is 195 Å². The number of Topliss-reactive ketones (excluding diaryl/α,β-unsaturated/α-hetero) is 2. The molecule has 1 spiro atoms. The number of nitrogens with two attached hydrogens (primary N) is 1. The summed E-state index contributed by atoms with van der Waals surface area (Å²) in [6.07, 6.45) is 0.699. The van der Waals surface area contributed by atoms with Crippen molar-refractivity contribution >= 4 is 34.8 Å². The molecule has 1 saturated carbocycles. The van der Waals surface area contributed by atoms with Gasteiger partial charge in [-0.15, -0.1) is 11.3 Å². The number of carbonyl (C=O) groups excluding carboxylic acids is 4. The van der Waals surface area contributed by atoms with Crippen LogP contribution < -0.4 is 11.1 Å². The number of hydrogen-bond acceptors (Lipinski definition) is 10. The van der Waals surface area contributed by atoms with Gasteiger partial charge in [0.25, 0.3) is 5.91 Å². The van der Waals surface area contributed by atoms with Crippen molar-refractivity contribution in [2.24, 2.45) is 28.4 Å². The second-order valence-corrected chi connectivity index (χ2v) is 11.1. The molecule has 0 bridgehead atoms. The van der Waals surface area contributed by atoms with E-state index in [1.807, 2.05) is 13.8 Å². The van der Waals surface area contributed by atoms with Crippen LogP contribution in [0, 0.1) is 22.7 Å². The summed E-state index contributed by atoms with van der Waals surface area (Å²) in [6, 6.07) is -0.645. The second-order valence-electron chi connectivity index (χ2n) is 10.2. The molecule has 1 aromatic rings. The van der Waals surface area contributed by atoms with Crippen molar-refractivity contribution in [2.75, 3.05) is 26.7 Å². The lowest BCUT2D eigenvalue weighted by Gasteiger charge is -2.51. The molecule has 11 heteroatoms. The zero-order valence-corrected chi connectivity index (χ0v) is 20.0.